The molecule has 1 aromatic carbocycles. The van der Waals surface area contributed by atoms with Crippen LogP contribution in [-0.2, 0) is 6.54 Å². The Labute approximate surface area is 124 Å². The molecule has 1 atom stereocenters. The Morgan fingerprint density at radius 1 is 1.29 bits per heavy atom. The molecule has 1 heterocycles. The Hall–Kier alpha value is -1.76. The van der Waals surface area contributed by atoms with Gasteiger partial charge in [-0.15, -0.1) is 29.9 Å². The fourth-order valence-electron chi connectivity index (χ4n) is 1.73. The fraction of sp³-hybridized carbons (Fsp3) is 0.385. The van der Waals surface area contributed by atoms with Gasteiger partial charge in [-0.2, -0.15) is 0 Å². The Bertz CT molecular complexity index is 583. The molecule has 0 radical (unpaired) electrons. The summed E-state index contributed by atoms with van der Waals surface area (Å²) in [6.07, 6.45) is -2.22. The van der Waals surface area contributed by atoms with Crippen LogP contribution in [0.3, 0.4) is 0 Å². The number of hydrogen-bond acceptors (Lipinski definition) is 3. The van der Waals surface area contributed by atoms with Crippen LogP contribution in [0.1, 0.15) is 30.0 Å². The quantitative estimate of drug-likeness (QED) is 0.784. The first-order chi connectivity index (χ1) is 9.87. The van der Waals surface area contributed by atoms with Crippen molar-refractivity contribution in [3.8, 4) is 5.75 Å². The first-order valence-corrected chi connectivity index (χ1v) is 6.70. The molecule has 0 saturated heterocycles. The van der Waals surface area contributed by atoms with E-state index in [9.17, 15) is 13.2 Å². The van der Waals surface area contributed by atoms with Gasteiger partial charge in [-0.05, 0) is 24.1 Å². The summed E-state index contributed by atoms with van der Waals surface area (Å²) in [5.41, 5.74) is 1.46. The van der Waals surface area contributed by atoms with Gasteiger partial charge in [0.1, 0.15) is 11.4 Å². The molecule has 0 aliphatic carbocycles. The van der Waals surface area contributed by atoms with Gasteiger partial charge in [-0.25, -0.2) is 4.68 Å². The number of alkyl halides is 4. The largest absolute Gasteiger partial charge is 0.573 e. The molecule has 0 amide bonds. The highest BCUT2D eigenvalue weighted by Crippen LogP contribution is 2.23. The van der Waals surface area contributed by atoms with Crippen LogP contribution in [0.4, 0.5) is 13.2 Å². The van der Waals surface area contributed by atoms with Gasteiger partial charge in [0.2, 0.25) is 0 Å². The maximum absolute atomic E-state index is 12.0. The van der Waals surface area contributed by atoms with Crippen LogP contribution in [0.25, 0.3) is 0 Å². The summed E-state index contributed by atoms with van der Waals surface area (Å²) in [5.74, 6) is -0.252. The lowest BCUT2D eigenvalue weighted by molar-refractivity contribution is -0.274. The summed E-state index contributed by atoms with van der Waals surface area (Å²) >= 11 is 6.05. The molecule has 0 aliphatic heterocycles. The Balaban J connectivity index is 2.01. The predicted molar refractivity (Wildman–Crippen MR) is 71.1 cm³/mol. The summed E-state index contributed by atoms with van der Waals surface area (Å²) in [5, 5.41) is 7.70. The van der Waals surface area contributed by atoms with E-state index in [1.165, 1.54) is 12.1 Å². The molecule has 114 valence electrons. The summed E-state index contributed by atoms with van der Waals surface area (Å²) in [4.78, 5) is 0. The van der Waals surface area contributed by atoms with E-state index in [1.54, 1.807) is 23.0 Å². The molecule has 1 aromatic heterocycles. The van der Waals surface area contributed by atoms with Gasteiger partial charge < -0.3 is 4.74 Å². The Morgan fingerprint density at radius 3 is 2.52 bits per heavy atom. The number of halogens is 4. The lowest BCUT2D eigenvalue weighted by Crippen LogP contribution is -2.17. The van der Waals surface area contributed by atoms with Crippen LogP contribution in [0, 0.1) is 0 Å². The minimum Gasteiger partial charge on any atom is -0.406 e. The average molecular weight is 320 g/mol. The van der Waals surface area contributed by atoms with Crippen molar-refractivity contribution >= 4 is 11.6 Å². The highest BCUT2D eigenvalue weighted by atomic mass is 35.5. The first kappa shape index (κ1) is 15.6. The van der Waals surface area contributed by atoms with E-state index in [-0.39, 0.29) is 11.1 Å². The molecule has 8 heteroatoms. The van der Waals surface area contributed by atoms with Gasteiger partial charge in [0, 0.05) is 0 Å². The van der Waals surface area contributed by atoms with Crippen molar-refractivity contribution in [2.75, 3.05) is 0 Å². The highest BCUT2D eigenvalue weighted by molar-refractivity contribution is 6.20. The van der Waals surface area contributed by atoms with E-state index in [4.69, 9.17) is 11.6 Å². The first-order valence-electron chi connectivity index (χ1n) is 6.26. The van der Waals surface area contributed by atoms with Crippen molar-refractivity contribution in [1.29, 1.82) is 0 Å². The van der Waals surface area contributed by atoms with Crippen LogP contribution < -0.4 is 4.74 Å². The molecule has 0 spiro atoms. The molecule has 0 saturated carbocycles. The molecule has 21 heavy (non-hydrogen) atoms. The monoisotopic (exact) mass is 319 g/mol. The van der Waals surface area contributed by atoms with Crippen molar-refractivity contribution in [3.63, 3.8) is 0 Å². The second kappa shape index (κ2) is 6.34. The van der Waals surface area contributed by atoms with Crippen LogP contribution in [-0.4, -0.2) is 21.4 Å². The summed E-state index contributed by atoms with van der Waals surface area (Å²) in [7, 11) is 0. The normalized spacial score (nSPS) is 13.2. The van der Waals surface area contributed by atoms with E-state index in [0.717, 1.165) is 12.0 Å². The number of aromatic nitrogens is 3. The van der Waals surface area contributed by atoms with Crippen LogP contribution in [0.5, 0.6) is 5.75 Å². The van der Waals surface area contributed by atoms with E-state index < -0.39 is 6.36 Å². The third kappa shape index (κ3) is 4.63. The lowest BCUT2D eigenvalue weighted by atomic mass is 10.2. The molecule has 2 aromatic rings. The maximum atomic E-state index is 12.0. The predicted octanol–water partition coefficient (Wildman–Crippen LogP) is 3.91. The number of hydrogen-bond donors (Lipinski definition) is 0. The van der Waals surface area contributed by atoms with Crippen molar-refractivity contribution in [2.45, 2.75) is 31.6 Å². The summed E-state index contributed by atoms with van der Waals surface area (Å²) < 4.78 is 41.5. The molecule has 0 aliphatic rings. The number of nitrogens with zero attached hydrogens (tertiary/aromatic N) is 3. The zero-order valence-electron chi connectivity index (χ0n) is 11.1. The smallest absolute Gasteiger partial charge is 0.406 e. The molecule has 2 rings (SSSR count). The second-order valence-corrected chi connectivity index (χ2v) is 4.94. The van der Waals surface area contributed by atoms with E-state index >= 15 is 0 Å². The van der Waals surface area contributed by atoms with Gasteiger partial charge in [0.25, 0.3) is 0 Å². The van der Waals surface area contributed by atoms with Crippen LogP contribution >= 0.6 is 11.6 Å². The van der Waals surface area contributed by atoms with Crippen LogP contribution in [0.2, 0.25) is 0 Å². The van der Waals surface area contributed by atoms with Crippen molar-refractivity contribution in [2.24, 2.45) is 0 Å². The van der Waals surface area contributed by atoms with Crippen molar-refractivity contribution in [1.82, 2.24) is 15.0 Å². The summed E-state index contributed by atoms with van der Waals surface area (Å²) in [6, 6.07) is 5.61. The van der Waals surface area contributed by atoms with Crippen LogP contribution in [0.15, 0.2) is 30.5 Å². The molecule has 0 N–H and O–H groups in total. The molecule has 4 nitrogen and oxygen atoms in total. The highest BCUT2D eigenvalue weighted by Gasteiger charge is 2.30. The zero-order chi connectivity index (χ0) is 15.5. The Morgan fingerprint density at radius 2 is 1.95 bits per heavy atom. The van der Waals surface area contributed by atoms with E-state index in [1.807, 2.05) is 6.92 Å². The summed E-state index contributed by atoms with van der Waals surface area (Å²) in [6.45, 7) is 2.34. The van der Waals surface area contributed by atoms with Gasteiger partial charge in [-0.3, -0.25) is 0 Å². The fourth-order valence-corrected chi connectivity index (χ4v) is 1.83. The second-order valence-electron chi connectivity index (χ2n) is 4.41. The Kier molecular flexibility index (Phi) is 4.72. The van der Waals surface area contributed by atoms with Gasteiger partial charge in [0.15, 0.2) is 0 Å². The topological polar surface area (TPSA) is 39.9 Å². The molecular weight excluding hydrogens is 307 g/mol. The number of rotatable bonds is 5. The van der Waals surface area contributed by atoms with E-state index in [2.05, 4.69) is 15.0 Å². The van der Waals surface area contributed by atoms with Crippen molar-refractivity contribution < 1.29 is 17.9 Å². The standard InChI is InChI=1S/C13H13ClF3N3O/c1-2-11(14)12-8-20(19-18-12)7-9-3-5-10(6-4-9)21-13(15,16)17/h3-6,8,11H,2,7H2,1H3. The minimum absolute atomic E-state index is 0.193. The van der Waals surface area contributed by atoms with Gasteiger partial charge >= 0.3 is 6.36 Å². The average Bonchev–Trinajstić information content (AvgIpc) is 2.87. The van der Waals surface area contributed by atoms with E-state index in [0.29, 0.717) is 12.2 Å². The van der Waals surface area contributed by atoms with Gasteiger partial charge in [-0.1, -0.05) is 24.3 Å². The molecule has 0 fully saturated rings. The zero-order valence-corrected chi connectivity index (χ0v) is 11.9. The van der Waals surface area contributed by atoms with Crippen molar-refractivity contribution in [3.05, 3.63) is 41.7 Å². The SMILES string of the molecule is CCC(Cl)c1cn(Cc2ccc(OC(F)(F)F)cc2)nn1. The molecular formula is C13H13ClF3N3O. The molecule has 1 unspecified atom stereocenters. The minimum atomic E-state index is -4.68. The third-order valence-electron chi connectivity index (χ3n) is 2.74. The number of ether oxygens (including phenoxy) is 1. The third-order valence-corrected chi connectivity index (χ3v) is 3.27. The molecule has 0 bridgehead atoms. The maximum Gasteiger partial charge on any atom is 0.573 e. The number of benzene rings is 1. The van der Waals surface area contributed by atoms with Gasteiger partial charge in [0.05, 0.1) is 18.1 Å². The lowest BCUT2D eigenvalue weighted by Gasteiger charge is -2.09.